The number of hydrogen-bond donors (Lipinski definition) is 2. The van der Waals surface area contributed by atoms with Crippen LogP contribution >= 0.6 is 27.5 Å². The predicted octanol–water partition coefficient (Wildman–Crippen LogP) is 3.68. The average Bonchev–Trinajstić information content (AvgIpc) is 2.58. The summed E-state index contributed by atoms with van der Waals surface area (Å²) < 4.78 is 6.45. The third-order valence-electron chi connectivity index (χ3n) is 3.43. The number of halogens is 2. The van der Waals surface area contributed by atoms with E-state index in [4.69, 9.17) is 22.1 Å². The number of carbonyl (C=O) groups excluding carboxylic acids is 2. The van der Waals surface area contributed by atoms with Crippen LogP contribution in [0.5, 0.6) is 5.75 Å². The molecule has 0 bridgehead atoms. The number of nitrogens with one attached hydrogen (secondary N) is 1. The molecule has 0 radical (unpaired) electrons. The van der Waals surface area contributed by atoms with E-state index in [0.29, 0.717) is 42.3 Å². The van der Waals surface area contributed by atoms with Crippen molar-refractivity contribution >= 4 is 39.3 Å². The van der Waals surface area contributed by atoms with Gasteiger partial charge in [-0.2, -0.15) is 0 Å². The van der Waals surface area contributed by atoms with Crippen LogP contribution in [0, 0.1) is 0 Å². The lowest BCUT2D eigenvalue weighted by Crippen LogP contribution is -2.23. The molecule has 0 aliphatic rings. The predicted molar refractivity (Wildman–Crippen MR) is 101 cm³/mol. The van der Waals surface area contributed by atoms with Gasteiger partial charge in [0.25, 0.3) is 0 Å². The first-order valence-electron chi connectivity index (χ1n) is 7.69. The molecule has 2 aromatic carbocycles. The molecule has 2 rings (SSSR count). The van der Waals surface area contributed by atoms with Crippen LogP contribution in [-0.4, -0.2) is 18.4 Å². The van der Waals surface area contributed by atoms with E-state index in [1.807, 2.05) is 6.07 Å². The van der Waals surface area contributed by atoms with Crippen molar-refractivity contribution in [3.05, 3.63) is 63.1 Å². The summed E-state index contributed by atoms with van der Waals surface area (Å²) in [5.74, 6) is 0.0609. The topological polar surface area (TPSA) is 81.4 Å². The Labute approximate surface area is 159 Å². The van der Waals surface area contributed by atoms with Gasteiger partial charge in [-0.25, -0.2) is 0 Å². The van der Waals surface area contributed by atoms with Crippen LogP contribution in [0.3, 0.4) is 0 Å². The summed E-state index contributed by atoms with van der Waals surface area (Å²) in [6, 6.07) is 12.2. The fraction of sp³-hybridized carbons (Fsp3) is 0.222. The number of rotatable bonds is 8. The number of nitrogens with two attached hydrogens (primary N) is 1. The normalized spacial score (nSPS) is 10.3. The van der Waals surface area contributed by atoms with Gasteiger partial charge in [-0.1, -0.05) is 39.7 Å². The van der Waals surface area contributed by atoms with Gasteiger partial charge in [0.1, 0.15) is 5.75 Å². The highest BCUT2D eigenvalue weighted by Crippen LogP contribution is 2.27. The summed E-state index contributed by atoms with van der Waals surface area (Å²) in [6.07, 6.45) is 0.937. The van der Waals surface area contributed by atoms with Crippen molar-refractivity contribution in [1.82, 2.24) is 5.32 Å². The molecule has 0 fully saturated rings. The smallest absolute Gasteiger partial charge is 0.248 e. The molecule has 5 nitrogen and oxygen atoms in total. The van der Waals surface area contributed by atoms with E-state index in [-0.39, 0.29) is 5.91 Å². The number of hydrogen-bond acceptors (Lipinski definition) is 3. The van der Waals surface area contributed by atoms with Crippen LogP contribution in [0.2, 0.25) is 5.02 Å². The third-order valence-corrected chi connectivity index (χ3v) is 4.22. The lowest BCUT2D eigenvalue weighted by atomic mass is 10.1. The Kier molecular flexibility index (Phi) is 7.28. The van der Waals surface area contributed by atoms with Crippen LogP contribution < -0.4 is 15.8 Å². The molecule has 7 heteroatoms. The second-order valence-corrected chi connectivity index (χ2v) is 6.69. The molecule has 0 aliphatic heterocycles. The molecule has 2 aromatic rings. The Morgan fingerprint density at radius 1 is 1.16 bits per heavy atom. The van der Waals surface area contributed by atoms with Crippen molar-refractivity contribution in [3.63, 3.8) is 0 Å². The molecule has 0 saturated carbocycles. The van der Waals surface area contributed by atoms with E-state index in [2.05, 4.69) is 21.2 Å². The molecule has 0 saturated heterocycles. The van der Waals surface area contributed by atoms with Crippen molar-refractivity contribution in [2.45, 2.75) is 19.4 Å². The molecule has 3 N–H and O–H groups in total. The summed E-state index contributed by atoms with van der Waals surface area (Å²) in [7, 11) is 0. The van der Waals surface area contributed by atoms with Gasteiger partial charge in [0.15, 0.2) is 0 Å². The molecular weight excluding hydrogens is 408 g/mol. The highest BCUT2D eigenvalue weighted by Gasteiger charge is 2.05. The van der Waals surface area contributed by atoms with Crippen molar-refractivity contribution in [3.8, 4) is 5.75 Å². The first-order valence-corrected chi connectivity index (χ1v) is 8.86. The maximum Gasteiger partial charge on any atom is 0.248 e. The van der Waals surface area contributed by atoms with Crippen LogP contribution in [0.4, 0.5) is 0 Å². The van der Waals surface area contributed by atoms with Crippen LogP contribution in [0.15, 0.2) is 46.9 Å². The van der Waals surface area contributed by atoms with E-state index in [1.165, 1.54) is 0 Å². The van der Waals surface area contributed by atoms with E-state index in [0.717, 1.165) is 10.0 Å². The first kappa shape index (κ1) is 19.3. The fourth-order valence-electron chi connectivity index (χ4n) is 2.08. The summed E-state index contributed by atoms with van der Waals surface area (Å²) in [5, 5.41) is 3.35. The molecule has 132 valence electrons. The zero-order chi connectivity index (χ0) is 18.2. The largest absolute Gasteiger partial charge is 0.492 e. The van der Waals surface area contributed by atoms with Gasteiger partial charge in [0.2, 0.25) is 11.8 Å². The Morgan fingerprint density at radius 2 is 1.88 bits per heavy atom. The maximum atomic E-state index is 11.8. The Morgan fingerprint density at radius 3 is 2.52 bits per heavy atom. The van der Waals surface area contributed by atoms with Crippen LogP contribution in [0.1, 0.15) is 28.8 Å². The third kappa shape index (κ3) is 6.40. The van der Waals surface area contributed by atoms with Gasteiger partial charge >= 0.3 is 0 Å². The summed E-state index contributed by atoms with van der Waals surface area (Å²) in [4.78, 5) is 22.8. The Balaban J connectivity index is 1.67. The van der Waals surface area contributed by atoms with Gasteiger partial charge in [-0.05, 0) is 42.3 Å². The molecule has 0 heterocycles. The van der Waals surface area contributed by atoms with Gasteiger partial charge < -0.3 is 15.8 Å². The Hall–Kier alpha value is -2.05. The maximum absolute atomic E-state index is 11.8. The van der Waals surface area contributed by atoms with E-state index in [1.54, 1.807) is 36.4 Å². The number of amides is 2. The lowest BCUT2D eigenvalue weighted by Gasteiger charge is -2.09. The minimum absolute atomic E-state index is 0.0653. The highest BCUT2D eigenvalue weighted by molar-refractivity contribution is 9.10. The molecule has 0 unspecified atom stereocenters. The molecular formula is C18H18BrClN2O3. The minimum Gasteiger partial charge on any atom is -0.492 e. The van der Waals surface area contributed by atoms with Gasteiger partial charge in [-0.3, -0.25) is 9.59 Å². The first-order chi connectivity index (χ1) is 12.0. The number of primary amides is 1. The van der Waals surface area contributed by atoms with Crippen molar-refractivity contribution < 1.29 is 14.3 Å². The van der Waals surface area contributed by atoms with Gasteiger partial charge in [0, 0.05) is 23.0 Å². The van der Waals surface area contributed by atoms with Crippen LogP contribution in [0.25, 0.3) is 0 Å². The zero-order valence-corrected chi connectivity index (χ0v) is 15.8. The summed E-state index contributed by atoms with van der Waals surface area (Å²) in [6.45, 7) is 0.805. The molecule has 25 heavy (non-hydrogen) atoms. The summed E-state index contributed by atoms with van der Waals surface area (Å²) in [5.41, 5.74) is 6.52. The van der Waals surface area contributed by atoms with Gasteiger partial charge in [-0.15, -0.1) is 0 Å². The molecule has 0 aliphatic carbocycles. The van der Waals surface area contributed by atoms with Gasteiger partial charge in [0.05, 0.1) is 11.6 Å². The van der Waals surface area contributed by atoms with E-state index in [9.17, 15) is 9.59 Å². The average molecular weight is 426 g/mol. The van der Waals surface area contributed by atoms with Crippen LogP contribution in [-0.2, 0) is 11.3 Å². The summed E-state index contributed by atoms with van der Waals surface area (Å²) >= 11 is 9.38. The highest BCUT2D eigenvalue weighted by atomic mass is 79.9. The lowest BCUT2D eigenvalue weighted by molar-refractivity contribution is -0.121. The van der Waals surface area contributed by atoms with Crippen molar-refractivity contribution in [2.24, 2.45) is 5.73 Å². The molecule has 0 aromatic heterocycles. The quantitative estimate of drug-likeness (QED) is 0.633. The minimum atomic E-state index is -0.471. The van der Waals surface area contributed by atoms with Crippen molar-refractivity contribution in [1.29, 1.82) is 0 Å². The second kappa shape index (κ2) is 9.44. The molecule has 0 atom stereocenters. The Bertz CT molecular complexity index is 750. The van der Waals surface area contributed by atoms with E-state index >= 15 is 0 Å². The fourth-order valence-corrected chi connectivity index (χ4v) is 2.81. The molecule has 0 spiro atoms. The SMILES string of the molecule is NC(=O)c1ccc(CNC(=O)CCCOc2ccc(Br)cc2Cl)cc1. The number of carbonyl (C=O) groups is 2. The monoisotopic (exact) mass is 424 g/mol. The molecule has 2 amide bonds. The number of benzene rings is 2. The zero-order valence-electron chi connectivity index (χ0n) is 13.4. The van der Waals surface area contributed by atoms with Crippen molar-refractivity contribution in [2.75, 3.05) is 6.61 Å². The standard InChI is InChI=1S/C18H18BrClN2O3/c19-14-7-8-16(15(20)10-14)25-9-1-2-17(23)22-11-12-3-5-13(6-4-12)18(21)24/h3-8,10H,1-2,9,11H2,(H2,21,24)(H,22,23). The van der Waals surface area contributed by atoms with E-state index < -0.39 is 5.91 Å². The number of ether oxygens (including phenoxy) is 1. The second-order valence-electron chi connectivity index (χ2n) is 5.36.